The molecule has 0 aliphatic heterocycles. The number of esters is 2. The van der Waals surface area contributed by atoms with Gasteiger partial charge in [-0.1, -0.05) is 42.5 Å². The number of ether oxygens (including phenoxy) is 3. The second-order valence-corrected chi connectivity index (χ2v) is 12.1. The van der Waals surface area contributed by atoms with E-state index < -0.39 is 46.3 Å². The van der Waals surface area contributed by atoms with Gasteiger partial charge >= 0.3 is 18.0 Å². The predicted molar refractivity (Wildman–Crippen MR) is 172 cm³/mol. The lowest BCUT2D eigenvalue weighted by Gasteiger charge is -2.19. The SMILES string of the molecule is CCOC(=O)c1c(C)cc2nc(COC(=O)NCCOC(=O)[C@@H](N)c3ccccc3)n(-c3ccccc3S(=O)(=O)NC)c(=O)c2c1C. The largest absolute Gasteiger partial charge is 0.462 e. The van der Waals surface area contributed by atoms with Crippen LogP contribution in [0.25, 0.3) is 16.6 Å². The molecule has 0 bridgehead atoms. The van der Waals surface area contributed by atoms with Gasteiger partial charge in [0.05, 0.1) is 35.3 Å². The number of alkyl carbamates (subject to hydrolysis) is 1. The van der Waals surface area contributed by atoms with E-state index in [2.05, 4.69) is 15.0 Å². The summed E-state index contributed by atoms with van der Waals surface area (Å²) in [5.74, 6) is -1.40. The van der Waals surface area contributed by atoms with Crippen molar-refractivity contribution in [3.63, 3.8) is 0 Å². The van der Waals surface area contributed by atoms with Gasteiger partial charge in [0.1, 0.15) is 17.5 Å². The predicted octanol–water partition coefficient (Wildman–Crippen LogP) is 2.56. The molecule has 15 heteroatoms. The van der Waals surface area contributed by atoms with Gasteiger partial charge in [-0.05, 0) is 62.7 Å². The van der Waals surface area contributed by atoms with Gasteiger partial charge < -0.3 is 25.3 Å². The van der Waals surface area contributed by atoms with Crippen LogP contribution >= 0.6 is 0 Å². The normalized spacial score (nSPS) is 11.9. The first-order chi connectivity index (χ1) is 22.4. The molecule has 0 saturated carbocycles. The van der Waals surface area contributed by atoms with E-state index in [0.717, 1.165) is 4.57 Å². The highest BCUT2D eigenvalue weighted by molar-refractivity contribution is 7.89. The number of fused-ring (bicyclic) bond motifs is 1. The van der Waals surface area contributed by atoms with Crippen molar-refractivity contribution in [2.24, 2.45) is 5.73 Å². The molecule has 0 saturated heterocycles. The summed E-state index contributed by atoms with van der Waals surface area (Å²) in [4.78, 5) is 56.2. The second-order valence-electron chi connectivity index (χ2n) is 10.2. The molecule has 248 valence electrons. The third-order valence-electron chi connectivity index (χ3n) is 7.18. The first kappa shape index (κ1) is 34.7. The highest BCUT2D eigenvalue weighted by Crippen LogP contribution is 2.26. The standard InChI is InChI=1S/C32H35N5O9S/c1-5-44-30(39)26-19(2)17-22-27(20(26)3)29(38)37(23-13-9-10-14-24(23)47(42,43)34-4)25(36-22)18-46-32(41)35-15-16-45-31(40)28(33)21-11-7-6-8-12-21/h6-14,17,28,34H,5,15-16,18,33H2,1-4H3,(H,35,41)/t28-/m0/s1. The molecule has 0 spiro atoms. The van der Waals surface area contributed by atoms with Crippen LogP contribution in [0.4, 0.5) is 4.79 Å². The number of nitrogens with two attached hydrogens (primary N) is 1. The van der Waals surface area contributed by atoms with Crippen LogP contribution in [0, 0.1) is 13.8 Å². The molecule has 4 N–H and O–H groups in total. The zero-order valence-corrected chi connectivity index (χ0v) is 27.1. The van der Waals surface area contributed by atoms with Crippen LogP contribution < -0.4 is 21.3 Å². The highest BCUT2D eigenvalue weighted by atomic mass is 32.2. The molecular formula is C32H35N5O9S. The Morgan fingerprint density at radius 1 is 1.00 bits per heavy atom. The van der Waals surface area contributed by atoms with Gasteiger partial charge in [0.15, 0.2) is 12.4 Å². The maximum atomic E-state index is 14.2. The Bertz CT molecular complexity index is 1980. The summed E-state index contributed by atoms with van der Waals surface area (Å²) in [5, 5.41) is 2.50. The summed E-state index contributed by atoms with van der Waals surface area (Å²) in [7, 11) is -2.84. The van der Waals surface area contributed by atoms with E-state index in [1.165, 1.54) is 37.4 Å². The van der Waals surface area contributed by atoms with E-state index in [9.17, 15) is 27.6 Å². The topological polar surface area (TPSA) is 198 Å². The summed E-state index contributed by atoms with van der Waals surface area (Å²) >= 11 is 0. The molecule has 1 aromatic heterocycles. The maximum Gasteiger partial charge on any atom is 0.407 e. The van der Waals surface area contributed by atoms with E-state index >= 15 is 0 Å². The number of aromatic nitrogens is 2. The molecule has 1 amide bonds. The van der Waals surface area contributed by atoms with Gasteiger partial charge in [-0.15, -0.1) is 0 Å². The van der Waals surface area contributed by atoms with Gasteiger partial charge in [-0.3, -0.25) is 9.36 Å². The van der Waals surface area contributed by atoms with E-state index in [1.54, 1.807) is 51.1 Å². The van der Waals surface area contributed by atoms with E-state index in [4.69, 9.17) is 19.9 Å². The molecule has 4 rings (SSSR count). The zero-order chi connectivity index (χ0) is 34.3. The number of amides is 1. The van der Waals surface area contributed by atoms with Crippen LogP contribution in [0.3, 0.4) is 0 Å². The van der Waals surface area contributed by atoms with Crippen molar-refractivity contribution in [2.75, 3.05) is 26.8 Å². The first-order valence-corrected chi connectivity index (χ1v) is 16.0. The fraction of sp³-hybridized carbons (Fsp3) is 0.281. The molecular weight excluding hydrogens is 630 g/mol. The van der Waals surface area contributed by atoms with Crippen LogP contribution in [-0.2, 0) is 35.6 Å². The number of hydrogen-bond donors (Lipinski definition) is 3. The first-order valence-electron chi connectivity index (χ1n) is 14.5. The summed E-state index contributed by atoms with van der Waals surface area (Å²) < 4.78 is 44.8. The minimum atomic E-state index is -4.07. The molecule has 47 heavy (non-hydrogen) atoms. The Kier molecular flexibility index (Phi) is 11.1. The summed E-state index contributed by atoms with van der Waals surface area (Å²) in [5.41, 5.74) is 6.93. The molecule has 0 fully saturated rings. The molecule has 1 heterocycles. The van der Waals surface area contributed by atoms with Crippen LogP contribution in [0.2, 0.25) is 0 Å². The Morgan fingerprint density at radius 2 is 1.68 bits per heavy atom. The van der Waals surface area contributed by atoms with Crippen molar-refractivity contribution in [3.05, 3.63) is 99.1 Å². The fourth-order valence-electron chi connectivity index (χ4n) is 4.95. The van der Waals surface area contributed by atoms with Crippen molar-refractivity contribution in [1.29, 1.82) is 0 Å². The lowest BCUT2D eigenvalue weighted by Crippen LogP contribution is -2.32. The maximum absolute atomic E-state index is 14.2. The Morgan fingerprint density at radius 3 is 2.36 bits per heavy atom. The zero-order valence-electron chi connectivity index (χ0n) is 26.2. The number of para-hydroxylation sites is 1. The van der Waals surface area contributed by atoms with Crippen molar-refractivity contribution in [2.45, 2.75) is 38.3 Å². The molecule has 0 unspecified atom stereocenters. The van der Waals surface area contributed by atoms with Crippen LogP contribution in [0.5, 0.6) is 0 Å². The average Bonchev–Trinajstić information content (AvgIpc) is 3.05. The number of aryl methyl sites for hydroxylation is 2. The number of carbonyl (C=O) groups excluding carboxylic acids is 3. The van der Waals surface area contributed by atoms with Crippen molar-refractivity contribution in [3.8, 4) is 5.69 Å². The lowest BCUT2D eigenvalue weighted by molar-refractivity contribution is -0.145. The summed E-state index contributed by atoms with van der Waals surface area (Å²) in [6.07, 6.45) is -0.921. The summed E-state index contributed by atoms with van der Waals surface area (Å²) in [6, 6.07) is 14.9. The van der Waals surface area contributed by atoms with Gasteiger partial charge in [0, 0.05) is 0 Å². The Labute approximate surface area is 270 Å². The Hall–Kier alpha value is -5.12. The van der Waals surface area contributed by atoms with Gasteiger partial charge in [0.2, 0.25) is 10.0 Å². The number of rotatable bonds is 12. The lowest BCUT2D eigenvalue weighted by atomic mass is 9.98. The molecule has 0 aliphatic rings. The van der Waals surface area contributed by atoms with Gasteiger partial charge in [-0.2, -0.15) is 0 Å². The van der Waals surface area contributed by atoms with Crippen LogP contribution in [-0.4, -0.2) is 62.8 Å². The van der Waals surface area contributed by atoms with Crippen molar-refractivity contribution < 1.29 is 37.0 Å². The fourth-order valence-corrected chi connectivity index (χ4v) is 5.86. The molecule has 14 nitrogen and oxygen atoms in total. The summed E-state index contributed by atoms with van der Waals surface area (Å²) in [6.45, 7) is 4.18. The quantitative estimate of drug-likeness (QED) is 0.114. The number of nitrogens with one attached hydrogen (secondary N) is 2. The van der Waals surface area contributed by atoms with Gasteiger partial charge in [0.25, 0.3) is 5.56 Å². The van der Waals surface area contributed by atoms with E-state index in [0.29, 0.717) is 16.7 Å². The monoisotopic (exact) mass is 665 g/mol. The molecule has 3 aromatic carbocycles. The number of benzene rings is 3. The van der Waals surface area contributed by atoms with Crippen molar-refractivity contribution >= 4 is 39.0 Å². The Balaban J connectivity index is 1.64. The second kappa shape index (κ2) is 15.0. The van der Waals surface area contributed by atoms with Crippen LogP contribution in [0.1, 0.15) is 45.8 Å². The van der Waals surface area contributed by atoms with Crippen molar-refractivity contribution in [1.82, 2.24) is 19.6 Å². The minimum absolute atomic E-state index is 0.0547. The minimum Gasteiger partial charge on any atom is -0.462 e. The third kappa shape index (κ3) is 7.65. The van der Waals surface area contributed by atoms with E-state index in [1.807, 2.05) is 0 Å². The number of carbonyl (C=O) groups is 3. The molecule has 0 radical (unpaired) electrons. The molecule has 1 atom stereocenters. The smallest absolute Gasteiger partial charge is 0.407 e. The van der Waals surface area contributed by atoms with Crippen LogP contribution in [0.15, 0.2) is 70.4 Å². The molecule has 0 aliphatic carbocycles. The van der Waals surface area contributed by atoms with E-state index in [-0.39, 0.29) is 52.6 Å². The number of hydrogen-bond acceptors (Lipinski definition) is 11. The molecule has 4 aromatic rings. The average molecular weight is 666 g/mol. The third-order valence-corrected chi connectivity index (χ3v) is 8.64. The number of sulfonamides is 1. The van der Waals surface area contributed by atoms with Gasteiger partial charge in [-0.25, -0.2) is 32.5 Å². The number of nitrogens with zero attached hydrogens (tertiary/aromatic N) is 2. The highest BCUT2D eigenvalue weighted by Gasteiger charge is 2.25.